The van der Waals surface area contributed by atoms with Crippen molar-refractivity contribution in [3.05, 3.63) is 35.9 Å². The van der Waals surface area contributed by atoms with Gasteiger partial charge in [0.15, 0.2) is 0 Å². The molecule has 0 aliphatic carbocycles. The van der Waals surface area contributed by atoms with E-state index in [1.54, 1.807) is 0 Å². The van der Waals surface area contributed by atoms with E-state index in [2.05, 4.69) is 30.9 Å². The van der Waals surface area contributed by atoms with E-state index in [1.807, 2.05) is 32.3 Å². The third-order valence-electron chi connectivity index (χ3n) is 3.03. The van der Waals surface area contributed by atoms with Gasteiger partial charge >= 0.3 is 0 Å². The van der Waals surface area contributed by atoms with Crippen molar-refractivity contribution in [3.63, 3.8) is 0 Å². The molecule has 1 rings (SSSR count). The molecule has 2 heteroatoms. The summed E-state index contributed by atoms with van der Waals surface area (Å²) in [5, 5.41) is 10.2. The molecule has 0 saturated carbocycles. The van der Waals surface area contributed by atoms with Crippen LogP contribution >= 0.6 is 0 Å². The van der Waals surface area contributed by atoms with Gasteiger partial charge in [-0.15, -0.1) is 0 Å². The van der Waals surface area contributed by atoms with E-state index in [-0.39, 0.29) is 18.1 Å². The van der Waals surface area contributed by atoms with Crippen molar-refractivity contribution in [2.24, 2.45) is 5.92 Å². The van der Waals surface area contributed by atoms with Gasteiger partial charge in [-0.3, -0.25) is 0 Å². The van der Waals surface area contributed by atoms with Crippen molar-refractivity contribution >= 4 is 0 Å². The van der Waals surface area contributed by atoms with Crippen LogP contribution in [0, 0.1) is 5.92 Å². The maximum Gasteiger partial charge on any atom is 0.0721 e. The molecule has 1 N–H and O–H groups in total. The lowest BCUT2D eigenvalue weighted by Gasteiger charge is -2.31. The smallest absolute Gasteiger partial charge is 0.0721 e. The van der Waals surface area contributed by atoms with Crippen molar-refractivity contribution in [2.45, 2.75) is 32.4 Å². The average Bonchev–Trinajstić information content (AvgIpc) is 2.26. The SMILES string of the molecule is CC(C)[C@H](O)[C@@H](Cc1ccccc1)N(C)C. The number of hydrogen-bond acceptors (Lipinski definition) is 2. The highest BCUT2D eigenvalue weighted by Gasteiger charge is 2.24. The van der Waals surface area contributed by atoms with Gasteiger partial charge in [0, 0.05) is 6.04 Å². The molecule has 16 heavy (non-hydrogen) atoms. The van der Waals surface area contributed by atoms with Crippen molar-refractivity contribution < 1.29 is 5.11 Å². The minimum atomic E-state index is -0.282. The molecule has 2 atom stereocenters. The first kappa shape index (κ1) is 13.2. The lowest BCUT2D eigenvalue weighted by Crippen LogP contribution is -2.43. The van der Waals surface area contributed by atoms with E-state index >= 15 is 0 Å². The lowest BCUT2D eigenvalue weighted by atomic mass is 9.93. The number of rotatable bonds is 5. The highest BCUT2D eigenvalue weighted by Crippen LogP contribution is 2.15. The van der Waals surface area contributed by atoms with Crippen molar-refractivity contribution in [3.8, 4) is 0 Å². The monoisotopic (exact) mass is 221 g/mol. The third-order valence-corrected chi connectivity index (χ3v) is 3.03. The van der Waals surface area contributed by atoms with Gasteiger partial charge in [0.2, 0.25) is 0 Å². The molecule has 0 bridgehead atoms. The van der Waals surface area contributed by atoms with Crippen LogP contribution in [0.3, 0.4) is 0 Å². The van der Waals surface area contributed by atoms with E-state index in [4.69, 9.17) is 0 Å². The van der Waals surface area contributed by atoms with E-state index in [9.17, 15) is 5.11 Å². The number of aliphatic hydroxyl groups excluding tert-OH is 1. The predicted octanol–water partition coefficient (Wildman–Crippen LogP) is 2.18. The van der Waals surface area contributed by atoms with Crippen LogP contribution in [0.25, 0.3) is 0 Å². The Morgan fingerprint density at radius 2 is 1.69 bits per heavy atom. The molecule has 0 spiro atoms. The summed E-state index contributed by atoms with van der Waals surface area (Å²) < 4.78 is 0. The Hall–Kier alpha value is -0.860. The summed E-state index contributed by atoms with van der Waals surface area (Å²) in [6.45, 7) is 4.12. The molecule has 0 radical (unpaired) electrons. The fourth-order valence-corrected chi connectivity index (χ4v) is 1.91. The Labute approximate surface area is 98.9 Å². The molecule has 0 fully saturated rings. The van der Waals surface area contributed by atoms with Crippen LogP contribution in [0.1, 0.15) is 19.4 Å². The van der Waals surface area contributed by atoms with Gasteiger partial charge in [-0.2, -0.15) is 0 Å². The van der Waals surface area contributed by atoms with E-state index < -0.39 is 0 Å². The Morgan fingerprint density at radius 1 is 1.12 bits per heavy atom. The number of benzene rings is 1. The van der Waals surface area contributed by atoms with E-state index in [0.29, 0.717) is 0 Å². The largest absolute Gasteiger partial charge is 0.391 e. The molecule has 0 aliphatic rings. The Balaban J connectivity index is 2.73. The van der Waals surface area contributed by atoms with Crippen molar-refractivity contribution in [1.82, 2.24) is 4.90 Å². The van der Waals surface area contributed by atoms with Gasteiger partial charge < -0.3 is 10.0 Å². The summed E-state index contributed by atoms with van der Waals surface area (Å²) in [4.78, 5) is 2.11. The predicted molar refractivity (Wildman–Crippen MR) is 68.5 cm³/mol. The molecule has 0 saturated heterocycles. The van der Waals surface area contributed by atoms with Crippen LogP contribution < -0.4 is 0 Å². The van der Waals surface area contributed by atoms with Crippen LogP contribution in [0.5, 0.6) is 0 Å². The highest BCUT2D eigenvalue weighted by molar-refractivity contribution is 5.16. The van der Waals surface area contributed by atoms with Crippen LogP contribution in [0.4, 0.5) is 0 Å². The van der Waals surface area contributed by atoms with Gasteiger partial charge in [0.05, 0.1) is 6.10 Å². The van der Waals surface area contributed by atoms with Crippen molar-refractivity contribution in [1.29, 1.82) is 0 Å². The highest BCUT2D eigenvalue weighted by atomic mass is 16.3. The topological polar surface area (TPSA) is 23.5 Å². The molecule has 0 heterocycles. The van der Waals surface area contributed by atoms with E-state index in [1.165, 1.54) is 5.56 Å². The van der Waals surface area contributed by atoms with E-state index in [0.717, 1.165) is 6.42 Å². The molecule has 90 valence electrons. The number of aliphatic hydroxyl groups is 1. The lowest BCUT2D eigenvalue weighted by molar-refractivity contribution is 0.0409. The van der Waals surface area contributed by atoms with Gasteiger partial charge in [-0.25, -0.2) is 0 Å². The quantitative estimate of drug-likeness (QED) is 0.824. The summed E-state index contributed by atoms with van der Waals surface area (Å²) in [5.74, 6) is 0.288. The first-order valence-electron chi connectivity index (χ1n) is 5.90. The summed E-state index contributed by atoms with van der Waals surface area (Å²) in [5.41, 5.74) is 1.28. The molecule has 1 aromatic carbocycles. The van der Waals surface area contributed by atoms with Crippen LogP contribution in [0.2, 0.25) is 0 Å². The Bertz CT molecular complexity index is 295. The molecule has 0 unspecified atom stereocenters. The summed E-state index contributed by atoms with van der Waals surface area (Å²) in [6.07, 6.45) is 0.614. The molecular formula is C14H23NO. The van der Waals surface area contributed by atoms with Crippen LogP contribution in [-0.2, 0) is 6.42 Å². The minimum Gasteiger partial charge on any atom is -0.391 e. The van der Waals surface area contributed by atoms with Crippen LogP contribution in [0.15, 0.2) is 30.3 Å². The van der Waals surface area contributed by atoms with Gasteiger partial charge in [0.25, 0.3) is 0 Å². The second-order valence-electron chi connectivity index (χ2n) is 4.96. The van der Waals surface area contributed by atoms with Gasteiger partial charge in [0.1, 0.15) is 0 Å². The first-order chi connectivity index (χ1) is 7.52. The zero-order chi connectivity index (χ0) is 12.1. The second-order valence-corrected chi connectivity index (χ2v) is 4.96. The zero-order valence-corrected chi connectivity index (χ0v) is 10.7. The van der Waals surface area contributed by atoms with Gasteiger partial charge in [-0.1, -0.05) is 44.2 Å². The average molecular weight is 221 g/mol. The van der Waals surface area contributed by atoms with Crippen LogP contribution in [-0.4, -0.2) is 36.2 Å². The molecular weight excluding hydrogens is 198 g/mol. The van der Waals surface area contributed by atoms with Crippen molar-refractivity contribution in [2.75, 3.05) is 14.1 Å². The Morgan fingerprint density at radius 3 is 2.12 bits per heavy atom. The maximum atomic E-state index is 10.2. The molecule has 0 aliphatic heterocycles. The molecule has 2 nitrogen and oxygen atoms in total. The normalized spacial score (nSPS) is 15.4. The molecule has 0 amide bonds. The fourth-order valence-electron chi connectivity index (χ4n) is 1.91. The zero-order valence-electron chi connectivity index (χ0n) is 10.7. The Kier molecular flexibility index (Phi) is 4.97. The summed E-state index contributed by atoms with van der Waals surface area (Å²) >= 11 is 0. The number of hydrogen-bond donors (Lipinski definition) is 1. The number of nitrogens with zero attached hydrogens (tertiary/aromatic N) is 1. The van der Waals surface area contributed by atoms with Gasteiger partial charge in [-0.05, 0) is 32.0 Å². The maximum absolute atomic E-state index is 10.2. The number of likely N-dealkylation sites (N-methyl/N-ethyl adjacent to an activating group) is 1. The standard InChI is InChI=1S/C14H23NO/c1-11(2)14(16)13(15(3)4)10-12-8-6-5-7-9-12/h5-9,11,13-14,16H,10H2,1-4H3/t13-,14+/m1/s1. The second kappa shape index (κ2) is 6.02. The molecule has 0 aromatic heterocycles. The first-order valence-corrected chi connectivity index (χ1v) is 5.90. The third kappa shape index (κ3) is 3.62. The summed E-state index contributed by atoms with van der Waals surface area (Å²) in [7, 11) is 4.05. The summed E-state index contributed by atoms with van der Waals surface area (Å²) in [6, 6.07) is 10.5. The fraction of sp³-hybridized carbons (Fsp3) is 0.571. The minimum absolute atomic E-state index is 0.183. The molecule has 1 aromatic rings.